The molecule has 0 heterocycles. The van der Waals surface area contributed by atoms with E-state index in [4.69, 9.17) is 0 Å². The van der Waals surface area contributed by atoms with Crippen LogP contribution in [0.4, 0.5) is 0 Å². The summed E-state index contributed by atoms with van der Waals surface area (Å²) < 4.78 is 0. The SMILES string of the molecule is CCC1CCCC(C#N)(NCC(C)C)C1. The number of hydrogen-bond acceptors (Lipinski definition) is 2. The molecule has 0 aromatic rings. The molecule has 1 aliphatic carbocycles. The van der Waals surface area contributed by atoms with Crippen molar-refractivity contribution in [1.29, 1.82) is 5.26 Å². The Morgan fingerprint density at radius 1 is 1.53 bits per heavy atom. The molecule has 1 N–H and O–H groups in total. The lowest BCUT2D eigenvalue weighted by Crippen LogP contribution is -2.48. The summed E-state index contributed by atoms with van der Waals surface area (Å²) in [6.07, 6.45) is 5.81. The van der Waals surface area contributed by atoms with Crippen molar-refractivity contribution < 1.29 is 0 Å². The van der Waals surface area contributed by atoms with E-state index in [-0.39, 0.29) is 5.54 Å². The first-order chi connectivity index (χ1) is 7.12. The summed E-state index contributed by atoms with van der Waals surface area (Å²) in [5.74, 6) is 1.37. The van der Waals surface area contributed by atoms with Gasteiger partial charge in [-0.2, -0.15) is 5.26 Å². The maximum Gasteiger partial charge on any atom is 0.107 e. The van der Waals surface area contributed by atoms with E-state index in [1.54, 1.807) is 0 Å². The van der Waals surface area contributed by atoms with Crippen LogP contribution >= 0.6 is 0 Å². The molecule has 2 nitrogen and oxygen atoms in total. The second-order valence-electron chi connectivity index (χ2n) is 5.34. The molecule has 86 valence electrons. The van der Waals surface area contributed by atoms with Crippen molar-refractivity contribution in [2.75, 3.05) is 6.54 Å². The highest BCUT2D eigenvalue weighted by atomic mass is 15.0. The highest BCUT2D eigenvalue weighted by molar-refractivity contribution is 5.09. The molecule has 0 aromatic heterocycles. The fourth-order valence-corrected chi connectivity index (χ4v) is 2.44. The Balaban J connectivity index is 2.55. The summed E-state index contributed by atoms with van der Waals surface area (Å²) in [5.41, 5.74) is -0.219. The van der Waals surface area contributed by atoms with Gasteiger partial charge in [0.15, 0.2) is 0 Å². The van der Waals surface area contributed by atoms with Crippen LogP contribution in [0.25, 0.3) is 0 Å². The summed E-state index contributed by atoms with van der Waals surface area (Å²) in [7, 11) is 0. The highest BCUT2D eigenvalue weighted by Crippen LogP contribution is 2.33. The van der Waals surface area contributed by atoms with Gasteiger partial charge < -0.3 is 0 Å². The molecule has 2 unspecified atom stereocenters. The van der Waals surface area contributed by atoms with E-state index in [1.807, 2.05) is 0 Å². The van der Waals surface area contributed by atoms with E-state index >= 15 is 0 Å². The minimum atomic E-state index is -0.219. The number of nitrogens with one attached hydrogen (secondary N) is 1. The van der Waals surface area contributed by atoms with Gasteiger partial charge in [-0.1, -0.05) is 40.0 Å². The molecule has 0 spiro atoms. The van der Waals surface area contributed by atoms with Gasteiger partial charge in [-0.05, 0) is 31.2 Å². The first kappa shape index (κ1) is 12.5. The van der Waals surface area contributed by atoms with Crippen LogP contribution in [0.5, 0.6) is 0 Å². The predicted octanol–water partition coefficient (Wildman–Crippen LogP) is 3.09. The van der Waals surface area contributed by atoms with Crippen molar-refractivity contribution in [1.82, 2.24) is 5.32 Å². The molecule has 1 aliphatic rings. The van der Waals surface area contributed by atoms with Crippen LogP contribution in [0.3, 0.4) is 0 Å². The number of hydrogen-bond donors (Lipinski definition) is 1. The lowest BCUT2D eigenvalue weighted by atomic mass is 9.75. The van der Waals surface area contributed by atoms with Crippen molar-refractivity contribution in [3.8, 4) is 6.07 Å². The van der Waals surface area contributed by atoms with E-state index in [1.165, 1.54) is 19.3 Å². The standard InChI is InChI=1S/C13H24N2/c1-4-12-6-5-7-13(8-12,10-14)15-9-11(2)3/h11-12,15H,4-9H2,1-3H3. The third kappa shape index (κ3) is 3.50. The average molecular weight is 208 g/mol. The third-order valence-corrected chi connectivity index (χ3v) is 3.49. The Morgan fingerprint density at radius 2 is 2.27 bits per heavy atom. The molecule has 15 heavy (non-hydrogen) atoms. The topological polar surface area (TPSA) is 35.8 Å². The Labute approximate surface area is 94.1 Å². The van der Waals surface area contributed by atoms with Crippen LogP contribution in [0.15, 0.2) is 0 Å². The first-order valence-electron chi connectivity index (χ1n) is 6.28. The molecule has 1 saturated carbocycles. The molecule has 0 bridgehead atoms. The smallest absolute Gasteiger partial charge is 0.107 e. The number of rotatable bonds is 4. The summed E-state index contributed by atoms with van der Waals surface area (Å²) in [4.78, 5) is 0. The quantitative estimate of drug-likeness (QED) is 0.770. The van der Waals surface area contributed by atoms with Gasteiger partial charge in [0.05, 0.1) is 6.07 Å². The zero-order chi connectivity index (χ0) is 11.3. The third-order valence-electron chi connectivity index (χ3n) is 3.49. The van der Waals surface area contributed by atoms with Gasteiger partial charge in [-0.15, -0.1) is 0 Å². The molecule has 0 amide bonds. The van der Waals surface area contributed by atoms with Crippen LogP contribution in [-0.2, 0) is 0 Å². The second-order valence-corrected chi connectivity index (χ2v) is 5.34. The number of nitriles is 1. The summed E-state index contributed by atoms with van der Waals surface area (Å²) in [6, 6.07) is 2.53. The maximum atomic E-state index is 9.36. The van der Waals surface area contributed by atoms with Crippen LogP contribution in [0.2, 0.25) is 0 Å². The molecular weight excluding hydrogens is 184 g/mol. The number of nitrogens with zero attached hydrogens (tertiary/aromatic N) is 1. The lowest BCUT2D eigenvalue weighted by molar-refractivity contribution is 0.219. The van der Waals surface area contributed by atoms with Crippen molar-refractivity contribution in [3.05, 3.63) is 0 Å². The summed E-state index contributed by atoms with van der Waals surface area (Å²) >= 11 is 0. The Morgan fingerprint density at radius 3 is 2.80 bits per heavy atom. The molecule has 0 aliphatic heterocycles. The van der Waals surface area contributed by atoms with Gasteiger partial charge in [0.2, 0.25) is 0 Å². The van der Waals surface area contributed by atoms with E-state index in [2.05, 4.69) is 32.2 Å². The molecule has 1 rings (SSSR count). The Bertz CT molecular complexity index is 229. The van der Waals surface area contributed by atoms with Gasteiger partial charge >= 0.3 is 0 Å². The minimum absolute atomic E-state index is 0.219. The summed E-state index contributed by atoms with van der Waals surface area (Å²) in [5, 5.41) is 12.8. The van der Waals surface area contributed by atoms with Gasteiger partial charge in [-0.25, -0.2) is 0 Å². The Kier molecular flexibility index (Phi) is 4.60. The Hall–Kier alpha value is -0.550. The molecule has 0 radical (unpaired) electrons. The fraction of sp³-hybridized carbons (Fsp3) is 0.923. The molecule has 0 aromatic carbocycles. The fourth-order valence-electron chi connectivity index (χ4n) is 2.44. The summed E-state index contributed by atoms with van der Waals surface area (Å²) in [6.45, 7) is 7.58. The zero-order valence-electron chi connectivity index (χ0n) is 10.3. The molecule has 2 atom stereocenters. The van der Waals surface area contributed by atoms with Gasteiger partial charge in [0.1, 0.15) is 5.54 Å². The van der Waals surface area contributed by atoms with Crippen LogP contribution < -0.4 is 5.32 Å². The zero-order valence-corrected chi connectivity index (χ0v) is 10.3. The van der Waals surface area contributed by atoms with Crippen molar-refractivity contribution >= 4 is 0 Å². The van der Waals surface area contributed by atoms with Gasteiger partial charge in [-0.3, -0.25) is 5.32 Å². The van der Waals surface area contributed by atoms with E-state index in [0.29, 0.717) is 5.92 Å². The largest absolute Gasteiger partial charge is 0.299 e. The van der Waals surface area contributed by atoms with Crippen molar-refractivity contribution in [2.45, 2.75) is 58.4 Å². The van der Waals surface area contributed by atoms with E-state index < -0.39 is 0 Å². The first-order valence-corrected chi connectivity index (χ1v) is 6.28. The van der Waals surface area contributed by atoms with Crippen LogP contribution in [0.1, 0.15) is 52.9 Å². The molecular formula is C13H24N2. The monoisotopic (exact) mass is 208 g/mol. The van der Waals surface area contributed by atoms with Crippen LogP contribution in [-0.4, -0.2) is 12.1 Å². The molecule has 2 heteroatoms. The molecule has 0 saturated heterocycles. The van der Waals surface area contributed by atoms with Gasteiger partial charge in [0.25, 0.3) is 0 Å². The normalized spacial score (nSPS) is 31.5. The maximum absolute atomic E-state index is 9.36. The second kappa shape index (κ2) is 5.51. The van der Waals surface area contributed by atoms with Crippen molar-refractivity contribution in [2.24, 2.45) is 11.8 Å². The van der Waals surface area contributed by atoms with Crippen LogP contribution in [0, 0.1) is 23.2 Å². The van der Waals surface area contributed by atoms with E-state index in [9.17, 15) is 5.26 Å². The van der Waals surface area contributed by atoms with E-state index in [0.717, 1.165) is 25.3 Å². The van der Waals surface area contributed by atoms with Crippen molar-refractivity contribution in [3.63, 3.8) is 0 Å². The lowest BCUT2D eigenvalue weighted by Gasteiger charge is -2.36. The molecule has 1 fully saturated rings. The average Bonchev–Trinajstić information content (AvgIpc) is 2.26. The predicted molar refractivity (Wildman–Crippen MR) is 63.4 cm³/mol. The minimum Gasteiger partial charge on any atom is -0.299 e. The van der Waals surface area contributed by atoms with Gasteiger partial charge in [0, 0.05) is 0 Å². The highest BCUT2D eigenvalue weighted by Gasteiger charge is 2.35.